The van der Waals surface area contributed by atoms with Crippen LogP contribution >= 0.6 is 11.6 Å². The molecule has 6 nitrogen and oxygen atoms in total. The van der Waals surface area contributed by atoms with E-state index >= 15 is 0 Å². The van der Waals surface area contributed by atoms with Crippen LogP contribution in [0.15, 0.2) is 42.5 Å². The van der Waals surface area contributed by atoms with E-state index in [0.717, 1.165) is 5.56 Å². The van der Waals surface area contributed by atoms with Gasteiger partial charge in [-0.05, 0) is 34.7 Å². The first-order chi connectivity index (χ1) is 11.5. The van der Waals surface area contributed by atoms with Crippen molar-refractivity contribution in [2.45, 2.75) is 6.42 Å². The monoisotopic (exact) mass is 345 g/mol. The van der Waals surface area contributed by atoms with Gasteiger partial charge in [-0.25, -0.2) is 9.07 Å². The van der Waals surface area contributed by atoms with Crippen LogP contribution in [0.1, 0.15) is 5.56 Å². The second kappa shape index (κ2) is 6.76. The Kier molecular flexibility index (Phi) is 4.52. The molecule has 1 N–H and O–H groups in total. The van der Waals surface area contributed by atoms with Crippen LogP contribution < -0.4 is 5.32 Å². The minimum Gasteiger partial charge on any atom is -0.326 e. The number of hydrogen-bond acceptors (Lipinski definition) is 4. The van der Waals surface area contributed by atoms with Crippen molar-refractivity contribution in [3.05, 3.63) is 58.9 Å². The lowest BCUT2D eigenvalue weighted by Gasteiger charge is -2.08. The van der Waals surface area contributed by atoms with Crippen LogP contribution in [0.25, 0.3) is 11.4 Å². The van der Waals surface area contributed by atoms with Gasteiger partial charge in [0.05, 0.1) is 6.42 Å². The topological polar surface area (TPSA) is 72.7 Å². The third-order valence-corrected chi connectivity index (χ3v) is 3.78. The molecule has 0 atom stereocenters. The lowest BCUT2D eigenvalue weighted by atomic mass is 10.1. The van der Waals surface area contributed by atoms with Gasteiger partial charge >= 0.3 is 0 Å². The first-order valence-electron chi connectivity index (χ1n) is 7.10. The zero-order valence-electron chi connectivity index (χ0n) is 12.7. The molecule has 0 aliphatic heterocycles. The summed E-state index contributed by atoms with van der Waals surface area (Å²) < 4.78 is 15.3. The maximum absolute atomic E-state index is 13.8. The molecule has 0 aliphatic carbocycles. The molecule has 0 unspecified atom stereocenters. The van der Waals surface area contributed by atoms with E-state index in [1.54, 1.807) is 31.3 Å². The van der Waals surface area contributed by atoms with Gasteiger partial charge in [-0.15, -0.1) is 5.10 Å². The van der Waals surface area contributed by atoms with Crippen LogP contribution in [-0.4, -0.2) is 26.1 Å². The number of benzene rings is 2. The minimum absolute atomic E-state index is 0.152. The molecule has 0 saturated heterocycles. The quantitative estimate of drug-likeness (QED) is 0.789. The highest BCUT2D eigenvalue weighted by molar-refractivity contribution is 6.31. The summed E-state index contributed by atoms with van der Waals surface area (Å²) in [6, 6.07) is 11.4. The van der Waals surface area contributed by atoms with Crippen molar-refractivity contribution in [1.82, 2.24) is 20.2 Å². The van der Waals surface area contributed by atoms with Crippen molar-refractivity contribution in [1.29, 1.82) is 0 Å². The van der Waals surface area contributed by atoms with Crippen molar-refractivity contribution in [3.63, 3.8) is 0 Å². The summed E-state index contributed by atoms with van der Waals surface area (Å²) in [5.41, 5.74) is 1.49. The highest BCUT2D eigenvalue weighted by atomic mass is 35.5. The molecule has 1 heterocycles. The van der Waals surface area contributed by atoms with E-state index in [9.17, 15) is 9.18 Å². The smallest absolute Gasteiger partial charge is 0.228 e. The van der Waals surface area contributed by atoms with Crippen molar-refractivity contribution in [2.75, 3.05) is 5.32 Å². The van der Waals surface area contributed by atoms with Crippen LogP contribution in [0.5, 0.6) is 0 Å². The van der Waals surface area contributed by atoms with E-state index < -0.39 is 5.82 Å². The van der Waals surface area contributed by atoms with Crippen LogP contribution in [0.4, 0.5) is 10.1 Å². The summed E-state index contributed by atoms with van der Waals surface area (Å²) in [7, 11) is 1.72. The lowest BCUT2D eigenvalue weighted by Crippen LogP contribution is -2.15. The van der Waals surface area contributed by atoms with Gasteiger partial charge in [0.2, 0.25) is 5.91 Å². The number of anilines is 1. The second-order valence-corrected chi connectivity index (χ2v) is 5.54. The molecule has 24 heavy (non-hydrogen) atoms. The summed E-state index contributed by atoms with van der Waals surface area (Å²) in [6.45, 7) is 0. The van der Waals surface area contributed by atoms with Gasteiger partial charge in [0.25, 0.3) is 0 Å². The van der Waals surface area contributed by atoms with E-state index in [1.807, 2.05) is 6.07 Å². The molecule has 0 radical (unpaired) electrons. The average Bonchev–Trinajstić information content (AvgIpc) is 2.97. The summed E-state index contributed by atoms with van der Waals surface area (Å²) in [5, 5.41) is 14.2. The SMILES string of the molecule is Cn1nnnc1-c1cccc(NC(=O)Cc2c(F)cccc2Cl)c1. The molecule has 0 aliphatic rings. The lowest BCUT2D eigenvalue weighted by molar-refractivity contribution is -0.115. The predicted molar refractivity (Wildman–Crippen MR) is 88.0 cm³/mol. The van der Waals surface area contributed by atoms with Crippen LogP contribution in [-0.2, 0) is 18.3 Å². The third kappa shape index (κ3) is 3.41. The Balaban J connectivity index is 1.77. The Morgan fingerprint density at radius 1 is 1.29 bits per heavy atom. The van der Waals surface area contributed by atoms with Crippen LogP contribution in [0, 0.1) is 5.82 Å². The first-order valence-corrected chi connectivity index (χ1v) is 7.48. The van der Waals surface area contributed by atoms with Crippen LogP contribution in [0.2, 0.25) is 5.02 Å². The number of hydrogen-bond donors (Lipinski definition) is 1. The van der Waals surface area contributed by atoms with Crippen LogP contribution in [0.3, 0.4) is 0 Å². The molecule has 3 aromatic rings. The van der Waals surface area contributed by atoms with E-state index in [0.29, 0.717) is 11.5 Å². The van der Waals surface area contributed by atoms with Gasteiger partial charge in [0.1, 0.15) is 5.82 Å². The van der Waals surface area contributed by atoms with Gasteiger partial charge in [-0.3, -0.25) is 4.79 Å². The summed E-state index contributed by atoms with van der Waals surface area (Å²) >= 11 is 5.94. The number of carbonyl (C=O) groups is 1. The molecule has 2 aromatic carbocycles. The maximum Gasteiger partial charge on any atom is 0.228 e. The van der Waals surface area contributed by atoms with E-state index in [1.165, 1.54) is 16.8 Å². The summed E-state index contributed by atoms with van der Waals surface area (Å²) in [5.74, 6) is -0.296. The molecule has 0 spiro atoms. The Hall–Kier alpha value is -2.80. The van der Waals surface area contributed by atoms with E-state index in [2.05, 4.69) is 20.8 Å². The maximum atomic E-state index is 13.8. The highest BCUT2D eigenvalue weighted by Crippen LogP contribution is 2.22. The Morgan fingerprint density at radius 2 is 2.08 bits per heavy atom. The molecule has 8 heteroatoms. The largest absolute Gasteiger partial charge is 0.326 e. The highest BCUT2D eigenvalue weighted by Gasteiger charge is 2.13. The van der Waals surface area contributed by atoms with Crippen molar-refractivity contribution >= 4 is 23.2 Å². The third-order valence-electron chi connectivity index (χ3n) is 3.42. The Morgan fingerprint density at radius 3 is 2.79 bits per heavy atom. The van der Waals surface area contributed by atoms with Gasteiger partial charge in [-0.1, -0.05) is 29.8 Å². The molecule has 1 aromatic heterocycles. The Bertz CT molecular complexity index is 875. The number of nitrogens with one attached hydrogen (secondary N) is 1. The number of nitrogens with zero attached hydrogens (tertiary/aromatic N) is 4. The fourth-order valence-corrected chi connectivity index (χ4v) is 2.51. The fraction of sp³-hybridized carbons (Fsp3) is 0.125. The molecule has 0 bridgehead atoms. The molecular weight excluding hydrogens is 333 g/mol. The Labute approximate surface area is 142 Å². The number of rotatable bonds is 4. The predicted octanol–water partition coefficient (Wildman–Crippen LogP) is 2.85. The van der Waals surface area contributed by atoms with E-state index in [-0.39, 0.29) is 22.9 Å². The van der Waals surface area contributed by atoms with E-state index in [4.69, 9.17) is 11.6 Å². The fourth-order valence-electron chi connectivity index (χ4n) is 2.28. The number of amides is 1. The normalized spacial score (nSPS) is 10.6. The van der Waals surface area contributed by atoms with Gasteiger partial charge < -0.3 is 5.32 Å². The zero-order valence-corrected chi connectivity index (χ0v) is 13.5. The molecule has 3 rings (SSSR count). The van der Waals surface area contributed by atoms with Crippen molar-refractivity contribution in [3.8, 4) is 11.4 Å². The molecule has 122 valence electrons. The zero-order chi connectivity index (χ0) is 17.1. The van der Waals surface area contributed by atoms with Crippen molar-refractivity contribution in [2.24, 2.45) is 7.05 Å². The second-order valence-electron chi connectivity index (χ2n) is 5.13. The number of halogens is 2. The first kappa shape index (κ1) is 16.1. The molecule has 1 amide bonds. The summed E-state index contributed by atoms with van der Waals surface area (Å²) in [4.78, 5) is 12.2. The number of carbonyl (C=O) groups excluding carboxylic acids is 1. The number of tetrazole rings is 1. The van der Waals surface area contributed by atoms with Crippen molar-refractivity contribution < 1.29 is 9.18 Å². The van der Waals surface area contributed by atoms with Gasteiger partial charge in [0.15, 0.2) is 5.82 Å². The number of aryl methyl sites for hydroxylation is 1. The molecular formula is C16H13ClFN5O. The number of aromatic nitrogens is 4. The van der Waals surface area contributed by atoms with Gasteiger partial charge in [0, 0.05) is 28.9 Å². The summed E-state index contributed by atoms with van der Waals surface area (Å²) in [6.07, 6.45) is -0.152. The molecule has 0 saturated carbocycles. The van der Waals surface area contributed by atoms with Gasteiger partial charge in [-0.2, -0.15) is 0 Å². The minimum atomic E-state index is -0.503. The average molecular weight is 346 g/mol. The molecule has 0 fully saturated rings. The standard InChI is InChI=1S/C16H13ClFN5O/c1-23-16(20-21-22-23)10-4-2-5-11(8-10)19-15(24)9-12-13(17)6-3-7-14(12)18/h2-8H,9H2,1H3,(H,19,24).